The first-order valence-corrected chi connectivity index (χ1v) is 7.32. The van der Waals surface area contributed by atoms with Crippen LogP contribution in [0.25, 0.3) is 0 Å². The van der Waals surface area contributed by atoms with Crippen molar-refractivity contribution in [1.29, 1.82) is 5.26 Å². The Morgan fingerprint density at radius 1 is 1.37 bits per heavy atom. The molecule has 1 saturated carbocycles. The van der Waals surface area contributed by atoms with Crippen LogP contribution in [-0.2, 0) is 4.79 Å². The summed E-state index contributed by atoms with van der Waals surface area (Å²) in [4.78, 5) is 16.6. The summed E-state index contributed by atoms with van der Waals surface area (Å²) in [5, 5.41) is 9.32. The number of rotatable bonds is 3. The Morgan fingerprint density at radius 2 is 1.95 bits per heavy atom. The van der Waals surface area contributed by atoms with Gasteiger partial charge in [-0.25, -0.2) is 0 Å². The van der Waals surface area contributed by atoms with Gasteiger partial charge in [-0.05, 0) is 51.6 Å². The Kier molecular flexibility index (Phi) is 4.15. The summed E-state index contributed by atoms with van der Waals surface area (Å²) in [6.45, 7) is 4.87. The fourth-order valence-corrected chi connectivity index (χ4v) is 3.58. The van der Waals surface area contributed by atoms with Crippen LogP contribution in [0.15, 0.2) is 0 Å². The van der Waals surface area contributed by atoms with Gasteiger partial charge >= 0.3 is 0 Å². The van der Waals surface area contributed by atoms with Crippen molar-refractivity contribution in [2.24, 2.45) is 17.3 Å². The van der Waals surface area contributed by atoms with Gasteiger partial charge in [0.25, 0.3) is 0 Å². The van der Waals surface area contributed by atoms with Crippen LogP contribution >= 0.6 is 0 Å². The largest absolute Gasteiger partial charge is 0.341 e. The first-order valence-electron chi connectivity index (χ1n) is 7.32. The molecular weight excluding hydrogens is 238 g/mol. The van der Waals surface area contributed by atoms with Gasteiger partial charge in [0.2, 0.25) is 5.91 Å². The van der Waals surface area contributed by atoms with Crippen LogP contribution in [0.2, 0.25) is 0 Å². The Balaban J connectivity index is 1.88. The highest BCUT2D eigenvalue weighted by Crippen LogP contribution is 2.46. The average Bonchev–Trinajstić information content (AvgIpc) is 2.34. The number of nitrogens with zero attached hydrogens (tertiary/aromatic N) is 3. The van der Waals surface area contributed by atoms with E-state index in [-0.39, 0.29) is 5.91 Å². The molecule has 2 fully saturated rings. The zero-order chi connectivity index (χ0) is 14.0. The molecule has 1 amide bonds. The summed E-state index contributed by atoms with van der Waals surface area (Å²) in [5.74, 6) is 1.31. The molecule has 0 aromatic rings. The molecule has 1 aliphatic heterocycles. The molecule has 0 N–H and O–H groups in total. The van der Waals surface area contributed by atoms with Crippen molar-refractivity contribution < 1.29 is 4.79 Å². The minimum absolute atomic E-state index is 0.0939. The van der Waals surface area contributed by atoms with E-state index in [0.29, 0.717) is 11.8 Å². The molecule has 0 bridgehead atoms. The standard InChI is InChI=1S/C15H25N3O/c1-12-8-15(9-12,11-16)14(19)18-6-4-13(5-7-18)10-17(2)3/h12-13H,4-10H2,1-3H3. The third-order valence-corrected chi connectivity index (χ3v) is 4.54. The minimum Gasteiger partial charge on any atom is -0.341 e. The quantitative estimate of drug-likeness (QED) is 0.779. The number of hydrogen-bond donors (Lipinski definition) is 0. The van der Waals surface area contributed by atoms with E-state index >= 15 is 0 Å². The molecule has 4 nitrogen and oxygen atoms in total. The summed E-state index contributed by atoms with van der Waals surface area (Å²) in [5.41, 5.74) is -0.687. The van der Waals surface area contributed by atoms with Crippen molar-refractivity contribution in [1.82, 2.24) is 9.80 Å². The predicted octanol–water partition coefficient (Wildman–Crippen LogP) is 1.73. The summed E-state index contributed by atoms with van der Waals surface area (Å²) in [6, 6.07) is 2.29. The van der Waals surface area contributed by atoms with Crippen molar-refractivity contribution >= 4 is 5.91 Å². The van der Waals surface area contributed by atoms with Crippen LogP contribution < -0.4 is 0 Å². The van der Waals surface area contributed by atoms with Crippen molar-refractivity contribution in [2.45, 2.75) is 32.6 Å². The van der Waals surface area contributed by atoms with E-state index < -0.39 is 5.41 Å². The van der Waals surface area contributed by atoms with E-state index in [4.69, 9.17) is 0 Å². The lowest BCUT2D eigenvalue weighted by Gasteiger charge is -2.44. The predicted molar refractivity (Wildman–Crippen MR) is 74.3 cm³/mol. The minimum atomic E-state index is -0.687. The maximum Gasteiger partial charge on any atom is 0.243 e. The highest BCUT2D eigenvalue weighted by Gasteiger charge is 2.50. The number of likely N-dealkylation sites (tertiary alicyclic amines) is 1. The zero-order valence-corrected chi connectivity index (χ0v) is 12.4. The Bertz CT molecular complexity index is 371. The molecule has 2 rings (SSSR count). The highest BCUT2D eigenvalue weighted by molar-refractivity contribution is 5.86. The molecule has 0 unspecified atom stereocenters. The van der Waals surface area contributed by atoms with Crippen molar-refractivity contribution in [3.05, 3.63) is 0 Å². The Hall–Kier alpha value is -1.08. The first kappa shape index (κ1) is 14.3. The number of carbonyl (C=O) groups excluding carboxylic acids is 1. The normalized spacial score (nSPS) is 31.9. The van der Waals surface area contributed by atoms with Crippen molar-refractivity contribution in [3.63, 3.8) is 0 Å². The summed E-state index contributed by atoms with van der Waals surface area (Å²) < 4.78 is 0. The monoisotopic (exact) mass is 263 g/mol. The molecule has 0 spiro atoms. The molecule has 106 valence electrons. The molecule has 1 heterocycles. The van der Waals surface area contributed by atoms with Gasteiger partial charge in [0.15, 0.2) is 0 Å². The van der Waals surface area contributed by atoms with E-state index in [9.17, 15) is 10.1 Å². The SMILES string of the molecule is CC1CC(C#N)(C(=O)N2CCC(CN(C)C)CC2)C1. The fraction of sp³-hybridized carbons (Fsp3) is 0.867. The van der Waals surface area contributed by atoms with Crippen LogP contribution in [0.4, 0.5) is 0 Å². The van der Waals surface area contributed by atoms with Crippen molar-refractivity contribution in [2.75, 3.05) is 33.7 Å². The molecule has 19 heavy (non-hydrogen) atoms. The molecule has 0 aromatic carbocycles. The number of piperidine rings is 1. The van der Waals surface area contributed by atoms with Crippen LogP contribution in [0.3, 0.4) is 0 Å². The van der Waals surface area contributed by atoms with Gasteiger partial charge in [-0.1, -0.05) is 6.92 Å². The lowest BCUT2D eigenvalue weighted by atomic mass is 9.62. The van der Waals surface area contributed by atoms with E-state index in [2.05, 4.69) is 32.0 Å². The lowest BCUT2D eigenvalue weighted by molar-refractivity contribution is -0.146. The zero-order valence-electron chi connectivity index (χ0n) is 12.4. The third kappa shape index (κ3) is 2.92. The number of nitriles is 1. The Labute approximate surface area is 116 Å². The van der Waals surface area contributed by atoms with Gasteiger partial charge in [0, 0.05) is 19.6 Å². The highest BCUT2D eigenvalue weighted by atomic mass is 16.2. The van der Waals surface area contributed by atoms with Crippen LogP contribution in [0.5, 0.6) is 0 Å². The topological polar surface area (TPSA) is 47.3 Å². The molecule has 1 saturated heterocycles. The maximum atomic E-state index is 12.5. The average molecular weight is 263 g/mol. The molecular formula is C15H25N3O. The van der Waals surface area contributed by atoms with Crippen LogP contribution in [0, 0.1) is 28.6 Å². The number of amides is 1. The van der Waals surface area contributed by atoms with E-state index in [1.165, 1.54) is 0 Å². The van der Waals surface area contributed by atoms with Gasteiger partial charge < -0.3 is 9.80 Å². The molecule has 1 aliphatic carbocycles. The van der Waals surface area contributed by atoms with Gasteiger partial charge in [-0.3, -0.25) is 4.79 Å². The van der Waals surface area contributed by atoms with E-state index in [1.807, 2.05) is 4.90 Å². The molecule has 4 heteroatoms. The lowest BCUT2D eigenvalue weighted by Crippen LogP contribution is -2.52. The molecule has 2 aliphatic rings. The Morgan fingerprint density at radius 3 is 2.37 bits per heavy atom. The molecule has 0 radical (unpaired) electrons. The third-order valence-electron chi connectivity index (χ3n) is 4.54. The van der Waals surface area contributed by atoms with Gasteiger partial charge in [-0.15, -0.1) is 0 Å². The maximum absolute atomic E-state index is 12.5. The smallest absolute Gasteiger partial charge is 0.243 e. The molecule has 0 aromatic heterocycles. The van der Waals surface area contributed by atoms with Gasteiger partial charge in [0.1, 0.15) is 5.41 Å². The number of carbonyl (C=O) groups is 1. The second-order valence-electron chi connectivity index (χ2n) is 6.71. The number of hydrogen-bond acceptors (Lipinski definition) is 3. The van der Waals surface area contributed by atoms with Gasteiger partial charge in [-0.2, -0.15) is 5.26 Å². The summed E-state index contributed by atoms with van der Waals surface area (Å²) >= 11 is 0. The van der Waals surface area contributed by atoms with Crippen LogP contribution in [-0.4, -0.2) is 49.4 Å². The van der Waals surface area contributed by atoms with Crippen LogP contribution in [0.1, 0.15) is 32.6 Å². The summed E-state index contributed by atoms with van der Waals surface area (Å²) in [6.07, 6.45) is 3.64. The molecule has 0 atom stereocenters. The second kappa shape index (κ2) is 5.50. The van der Waals surface area contributed by atoms with Crippen molar-refractivity contribution in [3.8, 4) is 6.07 Å². The van der Waals surface area contributed by atoms with E-state index in [0.717, 1.165) is 45.3 Å². The second-order valence-corrected chi connectivity index (χ2v) is 6.71. The van der Waals surface area contributed by atoms with E-state index in [1.54, 1.807) is 0 Å². The van der Waals surface area contributed by atoms with Gasteiger partial charge in [0.05, 0.1) is 6.07 Å². The first-order chi connectivity index (χ1) is 8.97. The fourth-order valence-electron chi connectivity index (χ4n) is 3.58. The summed E-state index contributed by atoms with van der Waals surface area (Å²) in [7, 11) is 4.19.